The van der Waals surface area contributed by atoms with Crippen molar-refractivity contribution in [2.24, 2.45) is 0 Å². The predicted octanol–water partition coefficient (Wildman–Crippen LogP) is 2.11. The molecule has 26 heavy (non-hydrogen) atoms. The quantitative estimate of drug-likeness (QED) is 0.691. The molecule has 2 N–H and O–H groups in total. The third kappa shape index (κ3) is 3.68. The Kier molecular flexibility index (Phi) is 4.81. The first-order valence-corrected chi connectivity index (χ1v) is 9.16. The van der Waals surface area contributed by atoms with Crippen LogP contribution in [0.15, 0.2) is 54.6 Å². The Labute approximate surface area is 156 Å². The predicted molar refractivity (Wildman–Crippen MR) is 102 cm³/mol. The van der Waals surface area contributed by atoms with E-state index in [0.29, 0.717) is 4.77 Å². The third-order valence-corrected chi connectivity index (χ3v) is 5.08. The maximum Gasteiger partial charge on any atom is 0.221 e. The molecular weight excluding hydrogens is 349 g/mol. The number of quaternary nitrogens is 1. The van der Waals surface area contributed by atoms with Gasteiger partial charge >= 0.3 is 0 Å². The van der Waals surface area contributed by atoms with Crippen LogP contribution in [-0.4, -0.2) is 40.9 Å². The van der Waals surface area contributed by atoms with E-state index in [0.717, 1.165) is 49.9 Å². The molecule has 2 heterocycles. The fraction of sp³-hybridized carbons (Fsp3) is 0.263. The molecule has 0 bridgehead atoms. The van der Waals surface area contributed by atoms with Crippen LogP contribution in [0.4, 0.5) is 10.1 Å². The highest BCUT2D eigenvalue weighted by Crippen LogP contribution is 2.15. The van der Waals surface area contributed by atoms with Gasteiger partial charge in [-0.25, -0.2) is 9.07 Å². The van der Waals surface area contributed by atoms with E-state index < -0.39 is 0 Å². The zero-order chi connectivity index (χ0) is 17.9. The normalized spacial score (nSPS) is 15.3. The van der Waals surface area contributed by atoms with E-state index in [4.69, 9.17) is 12.2 Å². The van der Waals surface area contributed by atoms with Crippen LogP contribution >= 0.6 is 12.2 Å². The summed E-state index contributed by atoms with van der Waals surface area (Å²) in [5.74, 6) is 0.612. The van der Waals surface area contributed by atoms with Crippen molar-refractivity contribution in [2.45, 2.75) is 6.67 Å². The van der Waals surface area contributed by atoms with Crippen molar-refractivity contribution in [3.8, 4) is 11.4 Å². The summed E-state index contributed by atoms with van der Waals surface area (Å²) in [6.07, 6.45) is 0. The second-order valence-electron chi connectivity index (χ2n) is 6.52. The number of anilines is 1. The largest absolute Gasteiger partial charge is 0.360 e. The van der Waals surface area contributed by atoms with Crippen LogP contribution in [0.1, 0.15) is 0 Å². The lowest BCUT2D eigenvalue weighted by atomic mass is 10.2. The fourth-order valence-corrected chi connectivity index (χ4v) is 3.51. The number of hydrogen-bond donors (Lipinski definition) is 2. The van der Waals surface area contributed by atoms with Crippen molar-refractivity contribution in [3.63, 3.8) is 0 Å². The summed E-state index contributed by atoms with van der Waals surface area (Å²) in [5.41, 5.74) is 2.11. The molecule has 7 heteroatoms. The van der Waals surface area contributed by atoms with Crippen molar-refractivity contribution < 1.29 is 9.29 Å². The highest BCUT2D eigenvalue weighted by Gasteiger charge is 2.21. The molecule has 0 amide bonds. The van der Waals surface area contributed by atoms with E-state index in [1.807, 2.05) is 47.1 Å². The lowest BCUT2D eigenvalue weighted by Gasteiger charge is -2.33. The second kappa shape index (κ2) is 7.39. The van der Waals surface area contributed by atoms with Crippen molar-refractivity contribution in [1.29, 1.82) is 0 Å². The Bertz CT molecular complexity index is 911. The highest BCUT2D eigenvalue weighted by atomic mass is 32.1. The lowest BCUT2D eigenvalue weighted by molar-refractivity contribution is -0.924. The molecule has 2 aromatic carbocycles. The number of nitrogens with one attached hydrogen (secondary N) is 2. The number of aromatic nitrogens is 3. The van der Waals surface area contributed by atoms with Gasteiger partial charge in [0.25, 0.3) is 0 Å². The molecule has 1 fully saturated rings. The van der Waals surface area contributed by atoms with Gasteiger partial charge in [0, 0.05) is 11.3 Å². The highest BCUT2D eigenvalue weighted by molar-refractivity contribution is 7.71. The monoisotopic (exact) mass is 370 g/mol. The molecule has 1 aromatic heterocycles. The van der Waals surface area contributed by atoms with E-state index >= 15 is 0 Å². The number of hydrogen-bond acceptors (Lipinski definition) is 3. The molecule has 3 aromatic rings. The van der Waals surface area contributed by atoms with Crippen LogP contribution in [0.25, 0.3) is 11.4 Å². The van der Waals surface area contributed by atoms with E-state index in [1.165, 1.54) is 17.0 Å². The maximum atomic E-state index is 13.1. The minimum absolute atomic E-state index is 0.194. The van der Waals surface area contributed by atoms with Gasteiger partial charge in [0.05, 0.1) is 26.2 Å². The summed E-state index contributed by atoms with van der Waals surface area (Å²) in [6.45, 7) is 4.65. The van der Waals surface area contributed by atoms with Crippen LogP contribution in [-0.2, 0) is 6.67 Å². The average Bonchev–Trinajstić information content (AvgIpc) is 3.04. The Morgan fingerprint density at radius 1 is 1.04 bits per heavy atom. The number of piperazine rings is 1. The zero-order valence-corrected chi connectivity index (χ0v) is 15.2. The Morgan fingerprint density at radius 3 is 2.42 bits per heavy atom. The third-order valence-electron chi connectivity index (χ3n) is 4.77. The van der Waals surface area contributed by atoms with Gasteiger partial charge in [-0.15, -0.1) is 0 Å². The molecule has 1 aliphatic heterocycles. The van der Waals surface area contributed by atoms with Gasteiger partial charge < -0.3 is 9.80 Å². The van der Waals surface area contributed by atoms with Crippen molar-refractivity contribution in [3.05, 3.63) is 65.2 Å². The van der Waals surface area contributed by atoms with Crippen LogP contribution in [0.5, 0.6) is 0 Å². The number of halogens is 1. The summed E-state index contributed by atoms with van der Waals surface area (Å²) in [4.78, 5) is 8.22. The molecule has 134 valence electrons. The SMILES string of the molecule is Fc1ccc(N2CC[NH+](Cn3[nH]c(-c4ccccc4)nc3=S)CC2)cc1. The first-order chi connectivity index (χ1) is 12.7. The maximum absolute atomic E-state index is 13.1. The van der Waals surface area contributed by atoms with Gasteiger partial charge in [-0.1, -0.05) is 30.3 Å². The summed E-state index contributed by atoms with van der Waals surface area (Å²) >= 11 is 5.41. The van der Waals surface area contributed by atoms with E-state index in [1.54, 1.807) is 0 Å². The van der Waals surface area contributed by atoms with E-state index in [-0.39, 0.29) is 5.82 Å². The van der Waals surface area contributed by atoms with Gasteiger partial charge in [0.1, 0.15) is 5.82 Å². The van der Waals surface area contributed by atoms with Crippen molar-refractivity contribution >= 4 is 17.9 Å². The van der Waals surface area contributed by atoms with Gasteiger partial charge in [0.15, 0.2) is 12.5 Å². The van der Waals surface area contributed by atoms with Crippen LogP contribution in [0.2, 0.25) is 0 Å². The molecule has 0 atom stereocenters. The minimum Gasteiger partial charge on any atom is -0.360 e. The van der Waals surface area contributed by atoms with Gasteiger partial charge in [0.2, 0.25) is 4.77 Å². The Morgan fingerprint density at radius 2 is 1.73 bits per heavy atom. The van der Waals surface area contributed by atoms with Crippen LogP contribution in [0.3, 0.4) is 0 Å². The summed E-state index contributed by atoms with van der Waals surface area (Å²) in [6, 6.07) is 16.7. The summed E-state index contributed by atoms with van der Waals surface area (Å²) in [7, 11) is 0. The number of H-pyrrole nitrogens is 1. The van der Waals surface area contributed by atoms with E-state index in [9.17, 15) is 4.39 Å². The topological polar surface area (TPSA) is 41.3 Å². The molecular formula is C19H21FN5S+. The number of aromatic amines is 1. The Balaban J connectivity index is 1.40. The summed E-state index contributed by atoms with van der Waals surface area (Å²) < 4.78 is 15.6. The zero-order valence-electron chi connectivity index (χ0n) is 14.4. The average molecular weight is 370 g/mol. The summed E-state index contributed by atoms with van der Waals surface area (Å²) in [5, 5.41) is 3.32. The molecule has 0 radical (unpaired) electrons. The van der Waals surface area contributed by atoms with Gasteiger partial charge in [-0.05, 0) is 36.5 Å². The molecule has 0 aliphatic carbocycles. The Hall–Kier alpha value is -2.51. The fourth-order valence-electron chi connectivity index (χ4n) is 3.30. The second-order valence-corrected chi connectivity index (χ2v) is 6.89. The molecule has 1 saturated heterocycles. The van der Waals surface area contributed by atoms with Crippen molar-refractivity contribution in [1.82, 2.24) is 14.8 Å². The first-order valence-electron chi connectivity index (χ1n) is 8.75. The smallest absolute Gasteiger partial charge is 0.221 e. The van der Waals surface area contributed by atoms with Crippen molar-refractivity contribution in [2.75, 3.05) is 31.1 Å². The molecule has 0 unspecified atom stereocenters. The molecule has 0 spiro atoms. The first kappa shape index (κ1) is 16.9. The van der Waals surface area contributed by atoms with E-state index in [2.05, 4.69) is 15.0 Å². The number of benzene rings is 2. The molecule has 5 nitrogen and oxygen atoms in total. The van der Waals surface area contributed by atoms with Crippen LogP contribution in [0, 0.1) is 10.6 Å². The van der Waals surface area contributed by atoms with Gasteiger partial charge in [-0.3, -0.25) is 5.10 Å². The van der Waals surface area contributed by atoms with Gasteiger partial charge in [-0.2, -0.15) is 4.98 Å². The van der Waals surface area contributed by atoms with Crippen LogP contribution < -0.4 is 9.80 Å². The molecule has 4 rings (SSSR count). The lowest BCUT2D eigenvalue weighted by Crippen LogP contribution is -3.14. The standard InChI is InChI=1S/C19H20FN5S/c20-16-6-8-17(9-7-16)24-12-10-23(11-13-24)14-25-19(26)21-18(22-25)15-4-2-1-3-5-15/h1-9H,10-14H2,(H,21,22,26)/p+1. The number of rotatable bonds is 4. The molecule has 0 saturated carbocycles. The number of nitrogens with zero attached hydrogens (tertiary/aromatic N) is 3. The molecule has 1 aliphatic rings. The minimum atomic E-state index is -0.194.